The van der Waals surface area contributed by atoms with Crippen molar-refractivity contribution >= 4 is 11.7 Å². The average molecular weight is 482 g/mol. The monoisotopic (exact) mass is 481 g/mol. The zero-order chi connectivity index (χ0) is 24.5. The van der Waals surface area contributed by atoms with Crippen LogP contribution < -0.4 is 10.6 Å². The lowest BCUT2D eigenvalue weighted by atomic mass is 9.99. The highest BCUT2D eigenvalue weighted by Gasteiger charge is 2.33. The topological polar surface area (TPSA) is 83.1 Å². The summed E-state index contributed by atoms with van der Waals surface area (Å²) in [5.41, 5.74) is 3.65. The molecular weight excluding hydrogens is 442 g/mol. The van der Waals surface area contributed by atoms with Gasteiger partial charge >= 0.3 is 6.03 Å². The van der Waals surface area contributed by atoms with Gasteiger partial charge < -0.3 is 30.1 Å². The van der Waals surface area contributed by atoms with Crippen LogP contribution in [0.4, 0.5) is 10.5 Å². The molecule has 0 bridgehead atoms. The van der Waals surface area contributed by atoms with Gasteiger partial charge in [0.2, 0.25) is 0 Å². The summed E-state index contributed by atoms with van der Waals surface area (Å²) in [7, 11) is 0. The minimum Gasteiger partial charge on any atom is -0.392 e. The SMILES string of the molecule is CCNC(=O)Nc1ccc([C@H]2O[C@@H](CN3CCCCCCC3)C[C@@H](c3ccc(CO)cc3)O2)cc1. The molecule has 2 aromatic carbocycles. The molecule has 7 nitrogen and oxygen atoms in total. The molecule has 7 heteroatoms. The van der Waals surface area contributed by atoms with Crippen LogP contribution in [0.5, 0.6) is 0 Å². The largest absolute Gasteiger partial charge is 0.392 e. The normalized spacial score (nSPS) is 23.8. The molecule has 4 rings (SSSR count). The van der Waals surface area contributed by atoms with E-state index in [2.05, 4.69) is 15.5 Å². The smallest absolute Gasteiger partial charge is 0.319 e. The molecule has 190 valence electrons. The van der Waals surface area contributed by atoms with E-state index in [0.29, 0.717) is 6.54 Å². The van der Waals surface area contributed by atoms with Gasteiger partial charge in [-0.1, -0.05) is 55.7 Å². The van der Waals surface area contributed by atoms with Crippen molar-refractivity contribution in [3.05, 3.63) is 65.2 Å². The number of hydrogen-bond acceptors (Lipinski definition) is 5. The molecule has 2 heterocycles. The molecule has 0 radical (unpaired) electrons. The molecule has 2 saturated heterocycles. The van der Waals surface area contributed by atoms with E-state index in [9.17, 15) is 9.90 Å². The van der Waals surface area contributed by atoms with E-state index in [-0.39, 0.29) is 24.8 Å². The van der Waals surface area contributed by atoms with Crippen molar-refractivity contribution < 1.29 is 19.4 Å². The Morgan fingerprint density at radius 3 is 2.26 bits per heavy atom. The minimum absolute atomic E-state index is 0.0335. The number of aliphatic hydroxyl groups is 1. The molecule has 35 heavy (non-hydrogen) atoms. The predicted octanol–water partition coefficient (Wildman–Crippen LogP) is 5.13. The van der Waals surface area contributed by atoms with Gasteiger partial charge in [0.1, 0.15) is 0 Å². The summed E-state index contributed by atoms with van der Waals surface area (Å²) >= 11 is 0. The van der Waals surface area contributed by atoms with Crippen LogP contribution in [0, 0.1) is 0 Å². The number of nitrogens with zero attached hydrogens (tertiary/aromatic N) is 1. The highest BCUT2D eigenvalue weighted by molar-refractivity contribution is 5.89. The molecular formula is C28H39N3O4. The fourth-order valence-corrected chi connectivity index (χ4v) is 4.88. The van der Waals surface area contributed by atoms with Gasteiger partial charge in [0, 0.05) is 30.8 Å². The van der Waals surface area contributed by atoms with Crippen LogP contribution in [0.2, 0.25) is 0 Å². The van der Waals surface area contributed by atoms with Crippen LogP contribution in [0.1, 0.15) is 74.5 Å². The third kappa shape index (κ3) is 7.51. The number of amides is 2. The number of aliphatic hydroxyl groups excluding tert-OH is 1. The van der Waals surface area contributed by atoms with Crippen LogP contribution in [0.15, 0.2) is 48.5 Å². The number of benzene rings is 2. The summed E-state index contributed by atoms with van der Waals surface area (Å²) < 4.78 is 13.0. The van der Waals surface area contributed by atoms with Crippen molar-refractivity contribution in [2.45, 2.75) is 70.6 Å². The summed E-state index contributed by atoms with van der Waals surface area (Å²) in [5, 5.41) is 15.0. The van der Waals surface area contributed by atoms with Crippen molar-refractivity contribution in [3.8, 4) is 0 Å². The lowest BCUT2D eigenvalue weighted by Gasteiger charge is -2.38. The zero-order valence-electron chi connectivity index (χ0n) is 20.7. The predicted molar refractivity (Wildman–Crippen MR) is 137 cm³/mol. The van der Waals surface area contributed by atoms with E-state index < -0.39 is 6.29 Å². The first kappa shape index (κ1) is 25.6. The summed E-state index contributed by atoms with van der Waals surface area (Å²) in [4.78, 5) is 14.4. The fraction of sp³-hybridized carbons (Fsp3) is 0.536. The fourth-order valence-electron chi connectivity index (χ4n) is 4.88. The standard InChI is InChI=1S/C28H39N3O4/c1-2-29-28(33)30-24-14-12-23(13-15-24)27-34-25(19-31-16-6-4-3-5-7-17-31)18-26(35-27)22-10-8-21(20-32)9-11-22/h8-15,25-27,32H,2-7,16-20H2,1H3,(H2,29,30,33)/t25-,26+,27+/m1/s1. The number of ether oxygens (including phenoxy) is 2. The Morgan fingerprint density at radius 2 is 1.60 bits per heavy atom. The van der Waals surface area contributed by atoms with Crippen molar-refractivity contribution in [2.75, 3.05) is 31.5 Å². The Bertz CT molecular complexity index is 911. The number of carbonyl (C=O) groups is 1. The number of urea groups is 1. The maximum atomic E-state index is 11.8. The van der Waals surface area contributed by atoms with E-state index >= 15 is 0 Å². The van der Waals surface area contributed by atoms with Crippen LogP contribution in [0.25, 0.3) is 0 Å². The first-order valence-electron chi connectivity index (χ1n) is 13.0. The Labute approximate surface area is 208 Å². The second-order valence-electron chi connectivity index (χ2n) is 9.52. The second-order valence-corrected chi connectivity index (χ2v) is 9.52. The molecule has 2 aromatic rings. The van der Waals surface area contributed by atoms with Crippen molar-refractivity contribution in [1.82, 2.24) is 10.2 Å². The van der Waals surface area contributed by atoms with E-state index in [4.69, 9.17) is 9.47 Å². The summed E-state index contributed by atoms with van der Waals surface area (Å²) in [6, 6.07) is 15.5. The van der Waals surface area contributed by atoms with Gasteiger partial charge in [-0.3, -0.25) is 0 Å². The number of carbonyl (C=O) groups excluding carboxylic acids is 1. The quantitative estimate of drug-likeness (QED) is 0.511. The number of likely N-dealkylation sites (tertiary alicyclic amines) is 1. The van der Waals surface area contributed by atoms with Crippen LogP contribution in [-0.4, -0.2) is 48.3 Å². The molecule has 0 spiro atoms. The summed E-state index contributed by atoms with van der Waals surface area (Å²) in [5.74, 6) is 0. The third-order valence-electron chi connectivity index (χ3n) is 6.80. The van der Waals surface area contributed by atoms with Crippen molar-refractivity contribution in [3.63, 3.8) is 0 Å². The molecule has 2 fully saturated rings. The van der Waals surface area contributed by atoms with E-state index in [1.54, 1.807) is 0 Å². The Balaban J connectivity index is 1.49. The van der Waals surface area contributed by atoms with E-state index in [1.807, 2.05) is 55.5 Å². The number of nitrogens with one attached hydrogen (secondary N) is 2. The number of rotatable bonds is 7. The van der Waals surface area contributed by atoms with Gasteiger partial charge in [0.25, 0.3) is 0 Å². The highest BCUT2D eigenvalue weighted by Crippen LogP contribution is 2.38. The highest BCUT2D eigenvalue weighted by atomic mass is 16.7. The van der Waals surface area contributed by atoms with Crippen LogP contribution >= 0.6 is 0 Å². The first-order chi connectivity index (χ1) is 17.1. The average Bonchev–Trinajstić information content (AvgIpc) is 2.86. The molecule has 2 aliphatic heterocycles. The lowest BCUT2D eigenvalue weighted by Crippen LogP contribution is -2.40. The maximum absolute atomic E-state index is 11.8. The van der Waals surface area contributed by atoms with E-state index in [0.717, 1.165) is 48.4 Å². The minimum atomic E-state index is -0.482. The van der Waals surface area contributed by atoms with Gasteiger partial charge in [-0.25, -0.2) is 4.79 Å². The molecule has 2 aliphatic rings. The molecule has 0 unspecified atom stereocenters. The van der Waals surface area contributed by atoms with Gasteiger partial charge in [-0.2, -0.15) is 0 Å². The van der Waals surface area contributed by atoms with Gasteiger partial charge in [0.15, 0.2) is 6.29 Å². The maximum Gasteiger partial charge on any atom is 0.319 e. The van der Waals surface area contributed by atoms with Crippen molar-refractivity contribution in [1.29, 1.82) is 0 Å². The lowest BCUT2D eigenvalue weighted by molar-refractivity contribution is -0.253. The number of hydrogen-bond donors (Lipinski definition) is 3. The first-order valence-corrected chi connectivity index (χ1v) is 13.0. The molecule has 0 aliphatic carbocycles. The van der Waals surface area contributed by atoms with Gasteiger partial charge in [0.05, 0.1) is 18.8 Å². The van der Waals surface area contributed by atoms with Crippen LogP contribution in [0.3, 0.4) is 0 Å². The zero-order valence-corrected chi connectivity index (χ0v) is 20.7. The van der Waals surface area contributed by atoms with Crippen molar-refractivity contribution in [2.24, 2.45) is 0 Å². The Kier molecular flexibility index (Phi) is 9.54. The molecule has 3 N–H and O–H groups in total. The molecule has 0 saturated carbocycles. The van der Waals surface area contributed by atoms with Gasteiger partial charge in [-0.15, -0.1) is 0 Å². The summed E-state index contributed by atoms with van der Waals surface area (Å²) in [6.45, 7) is 5.65. The third-order valence-corrected chi connectivity index (χ3v) is 6.80. The Hall–Kier alpha value is -2.45. The molecule has 0 aromatic heterocycles. The van der Waals surface area contributed by atoms with Crippen LogP contribution in [-0.2, 0) is 16.1 Å². The molecule has 3 atom stereocenters. The molecule has 2 amide bonds. The Morgan fingerprint density at radius 1 is 0.943 bits per heavy atom. The van der Waals surface area contributed by atoms with Gasteiger partial charge in [-0.05, 0) is 56.1 Å². The second kappa shape index (κ2) is 13.0. The number of anilines is 1. The van der Waals surface area contributed by atoms with E-state index in [1.165, 1.54) is 32.1 Å². The summed E-state index contributed by atoms with van der Waals surface area (Å²) in [6.07, 6.45) is 6.75.